The Bertz CT molecular complexity index is 30.5. The molecular formula is N14Ti6W3. The van der Waals surface area contributed by atoms with Crippen molar-refractivity contribution in [2.75, 3.05) is 0 Å². The predicted octanol–water partition coefficient (Wildman–Crippen LogP) is 4.02. The summed E-state index contributed by atoms with van der Waals surface area (Å²) in [5.74, 6) is 0. The summed E-state index contributed by atoms with van der Waals surface area (Å²) in [6.07, 6.45) is 0. The summed E-state index contributed by atoms with van der Waals surface area (Å²) in [6.45, 7) is 0. The molecule has 0 aliphatic heterocycles. The molecule has 0 aromatic carbocycles. The van der Waals surface area contributed by atoms with Crippen LogP contribution < -0.4 is 0 Å². The van der Waals surface area contributed by atoms with Crippen molar-refractivity contribution in [2.24, 2.45) is 0 Å². The molecule has 14 nitrogen and oxygen atoms in total. The number of hydrogen-bond donors (Lipinski definition) is 0. The third kappa shape index (κ3) is 551. The van der Waals surface area contributed by atoms with Gasteiger partial charge >= 0.3 is 194 Å². The van der Waals surface area contributed by atoms with Gasteiger partial charge in [0.1, 0.15) is 0 Å². The van der Waals surface area contributed by atoms with E-state index in [0.717, 1.165) is 0 Å². The van der Waals surface area contributed by atoms with E-state index in [1.165, 1.54) is 0 Å². The van der Waals surface area contributed by atoms with Crippen LogP contribution in [0.1, 0.15) is 0 Å². The molecule has 0 heterocycles. The van der Waals surface area contributed by atoms with Gasteiger partial charge < -0.3 is 86.1 Å². The van der Waals surface area contributed by atoms with Crippen LogP contribution >= 0.6 is 0 Å². The smallest absolute Gasteiger partial charge is 3.00 e. The Balaban J connectivity index is 0. The molecule has 0 radical (unpaired) electrons. The molecule has 0 aromatic rings. The van der Waals surface area contributed by atoms with Gasteiger partial charge in [-0.1, -0.05) is 0 Å². The molecule has 0 aliphatic carbocycles. The maximum atomic E-state index is 0. The first-order chi connectivity index (χ1) is 0. The van der Waals surface area contributed by atoms with E-state index < -0.39 is 0 Å². The maximum absolute atomic E-state index is 0. The molecule has 23 heavy (non-hydrogen) atoms. The topological polar surface area (TPSA) is 427 Å². The van der Waals surface area contributed by atoms with Gasteiger partial charge in [0.05, 0.1) is 0 Å². The SMILES string of the molecule is [N-3].[N-3].[N-3].[N-3].[N-3].[N-3].[N-3].[N-3].[N-3].[N-3].[N-3].[N-3].[N-3].[N-3].[Ti+4].[Ti+4].[Ti+4].[Ti+4].[Ti+4].[Ti+4].[W+6].[W+6].[W+6]. The van der Waals surface area contributed by atoms with Gasteiger partial charge in [-0.25, -0.2) is 0 Å². The van der Waals surface area contributed by atoms with Gasteiger partial charge in [0, 0.05) is 0 Å². The third-order valence-electron chi connectivity index (χ3n) is 0. The Morgan fingerprint density at radius 1 is 0.130 bits per heavy atom. The summed E-state index contributed by atoms with van der Waals surface area (Å²) in [5.41, 5.74) is 0. The zero-order valence-corrected chi connectivity index (χ0v) is 28.7. The van der Waals surface area contributed by atoms with Gasteiger partial charge in [0.25, 0.3) is 0 Å². The minimum atomic E-state index is 0. The Kier molecular flexibility index (Phi) is 17200. The second kappa shape index (κ2) is 595. The summed E-state index contributed by atoms with van der Waals surface area (Å²) in [5, 5.41) is 0. The molecule has 0 bridgehead atoms. The molecular weight excluding hydrogens is 1030 g/mol. The Morgan fingerprint density at radius 3 is 0.130 bits per heavy atom. The standard InChI is InChI=1S/14N.6Ti.3W/q14*-3;6*+4;3*+6. The Hall–Kier alpha value is 5.79. The van der Waals surface area contributed by atoms with Gasteiger partial charge in [-0.3, -0.25) is 0 Å². The first-order valence-electron chi connectivity index (χ1n) is 0. The summed E-state index contributed by atoms with van der Waals surface area (Å²) >= 11 is 0. The zero-order valence-electron chi connectivity index (χ0n) is 10.5. The van der Waals surface area contributed by atoms with Crippen LogP contribution in [0.3, 0.4) is 0 Å². The molecule has 0 saturated heterocycles. The zero-order chi connectivity index (χ0) is 0. The number of nitrogens with zero attached hydrogens (tertiary/aromatic N) is 14. The van der Waals surface area contributed by atoms with Crippen LogP contribution in [-0.2, 0) is 194 Å². The van der Waals surface area contributed by atoms with Crippen molar-refractivity contribution >= 4 is 0 Å². The van der Waals surface area contributed by atoms with Crippen molar-refractivity contribution in [1.82, 2.24) is 0 Å². The van der Waals surface area contributed by atoms with Crippen LogP contribution in [0, 0.1) is 0 Å². The first-order valence-corrected chi connectivity index (χ1v) is 0. The fraction of sp³-hybridized carbons (Fsp3) is 0. The molecule has 0 amide bonds. The molecule has 0 rings (SSSR count). The number of hydrogen-bond acceptors (Lipinski definition) is 0. The van der Waals surface area contributed by atoms with E-state index in [9.17, 15) is 0 Å². The minimum Gasteiger partial charge on any atom is -3.00 e. The van der Waals surface area contributed by atoms with E-state index in [-0.39, 0.29) is 280 Å². The van der Waals surface area contributed by atoms with Crippen molar-refractivity contribution in [3.05, 3.63) is 86.1 Å². The van der Waals surface area contributed by atoms with E-state index in [1.54, 1.807) is 0 Å². The molecule has 0 N–H and O–H groups in total. The second-order valence-electron chi connectivity index (χ2n) is 0. The van der Waals surface area contributed by atoms with Crippen molar-refractivity contribution < 1.29 is 194 Å². The molecule has 0 saturated carbocycles. The first kappa shape index (κ1) is 663. The summed E-state index contributed by atoms with van der Waals surface area (Å²) < 4.78 is 0. The fourth-order valence-corrected chi connectivity index (χ4v) is 0. The second-order valence-corrected chi connectivity index (χ2v) is 0. The largest absolute Gasteiger partial charge is 6.00 e. The summed E-state index contributed by atoms with van der Waals surface area (Å²) in [4.78, 5) is 0. The van der Waals surface area contributed by atoms with E-state index in [4.69, 9.17) is 0 Å². The normalized spacial score (nSPS) is 0. The van der Waals surface area contributed by atoms with Gasteiger partial charge in [0.2, 0.25) is 0 Å². The van der Waals surface area contributed by atoms with Crippen molar-refractivity contribution in [3.63, 3.8) is 0 Å². The molecule has 0 unspecified atom stereocenters. The molecule has 0 aromatic heterocycles. The average molecular weight is 1030 g/mol. The molecule has 0 spiro atoms. The Labute approximate surface area is 274 Å². The van der Waals surface area contributed by atoms with Crippen LogP contribution in [0.15, 0.2) is 0 Å². The molecule has 23 heteroatoms. The summed E-state index contributed by atoms with van der Waals surface area (Å²) in [6, 6.07) is 0. The molecule has 0 atom stereocenters. The summed E-state index contributed by atoms with van der Waals surface area (Å²) in [7, 11) is 0. The van der Waals surface area contributed by atoms with Crippen LogP contribution in [0.4, 0.5) is 0 Å². The molecule has 0 aliphatic rings. The predicted molar refractivity (Wildman–Crippen MR) is 47.0 cm³/mol. The van der Waals surface area contributed by atoms with E-state index in [0.29, 0.717) is 0 Å². The van der Waals surface area contributed by atoms with Gasteiger partial charge in [-0.05, 0) is 0 Å². The van der Waals surface area contributed by atoms with E-state index in [2.05, 4.69) is 0 Å². The molecule has 0 fully saturated rings. The maximum Gasteiger partial charge on any atom is 6.00 e. The third-order valence-corrected chi connectivity index (χ3v) is 0. The molecule has 112 valence electrons. The Morgan fingerprint density at radius 2 is 0.130 bits per heavy atom. The van der Waals surface area contributed by atoms with Gasteiger partial charge in [-0.15, -0.1) is 0 Å². The number of rotatable bonds is 0. The van der Waals surface area contributed by atoms with E-state index >= 15 is 0 Å². The minimum absolute atomic E-state index is 0. The van der Waals surface area contributed by atoms with Gasteiger partial charge in [0.15, 0.2) is 0 Å². The average Bonchev–Trinajstić information content (AvgIpc) is 0. The van der Waals surface area contributed by atoms with Gasteiger partial charge in [-0.2, -0.15) is 0 Å². The quantitative estimate of drug-likeness (QED) is 0.310. The fourth-order valence-electron chi connectivity index (χ4n) is 0. The van der Waals surface area contributed by atoms with Crippen LogP contribution in [0.2, 0.25) is 0 Å². The van der Waals surface area contributed by atoms with Crippen LogP contribution in [0.25, 0.3) is 86.1 Å². The monoisotopic (exact) mass is 1040 g/mol. The van der Waals surface area contributed by atoms with Crippen molar-refractivity contribution in [1.29, 1.82) is 0 Å². The van der Waals surface area contributed by atoms with Crippen LogP contribution in [-0.4, -0.2) is 0 Å². The van der Waals surface area contributed by atoms with Crippen LogP contribution in [0.5, 0.6) is 0 Å². The van der Waals surface area contributed by atoms with E-state index in [1.807, 2.05) is 0 Å². The van der Waals surface area contributed by atoms with Crippen molar-refractivity contribution in [3.8, 4) is 0 Å². The van der Waals surface area contributed by atoms with Crippen molar-refractivity contribution in [2.45, 2.75) is 0 Å².